The van der Waals surface area contributed by atoms with E-state index in [4.69, 9.17) is 0 Å². The van der Waals surface area contributed by atoms with Gasteiger partial charge in [-0.2, -0.15) is 0 Å². The van der Waals surface area contributed by atoms with E-state index < -0.39 is 9.84 Å². The molecule has 2 heterocycles. The molecule has 2 N–H and O–H groups in total. The molecular formula is C14H23N3O3S2. The molecule has 0 radical (unpaired) electrons. The van der Waals surface area contributed by atoms with Crippen LogP contribution in [0.1, 0.15) is 50.9 Å². The molecule has 8 heteroatoms. The maximum absolute atomic E-state index is 12.0. The van der Waals surface area contributed by atoms with Gasteiger partial charge in [-0.15, -0.1) is 11.3 Å². The molecule has 1 aliphatic heterocycles. The number of nitrogens with one attached hydrogen (secondary N) is 2. The summed E-state index contributed by atoms with van der Waals surface area (Å²) in [6.07, 6.45) is 0.482. The van der Waals surface area contributed by atoms with Crippen molar-refractivity contribution in [1.29, 1.82) is 0 Å². The molecule has 2 atom stereocenters. The molecule has 0 aliphatic carbocycles. The largest absolute Gasteiger partial charge is 0.334 e. The fourth-order valence-corrected chi connectivity index (χ4v) is 4.95. The van der Waals surface area contributed by atoms with Crippen LogP contribution in [0, 0.1) is 0 Å². The Morgan fingerprint density at radius 1 is 1.45 bits per heavy atom. The number of sulfone groups is 1. The molecule has 0 unspecified atom stereocenters. The number of aromatic nitrogens is 1. The van der Waals surface area contributed by atoms with E-state index in [1.54, 1.807) is 0 Å². The summed E-state index contributed by atoms with van der Waals surface area (Å²) >= 11 is 1.52. The molecule has 124 valence electrons. The first kappa shape index (κ1) is 17.2. The van der Waals surface area contributed by atoms with Gasteiger partial charge in [0.15, 0.2) is 9.84 Å². The van der Waals surface area contributed by atoms with Crippen LogP contribution < -0.4 is 10.6 Å². The van der Waals surface area contributed by atoms with E-state index >= 15 is 0 Å². The highest BCUT2D eigenvalue weighted by atomic mass is 32.2. The maximum Gasteiger partial charge on any atom is 0.315 e. The van der Waals surface area contributed by atoms with Gasteiger partial charge in [-0.25, -0.2) is 18.2 Å². The van der Waals surface area contributed by atoms with Gasteiger partial charge in [0, 0.05) is 16.8 Å². The Bertz CT molecular complexity index is 647. The monoisotopic (exact) mass is 345 g/mol. The van der Waals surface area contributed by atoms with Gasteiger partial charge >= 0.3 is 6.03 Å². The molecule has 1 saturated heterocycles. The van der Waals surface area contributed by atoms with Gasteiger partial charge in [-0.3, -0.25) is 0 Å². The van der Waals surface area contributed by atoms with E-state index in [-0.39, 0.29) is 35.0 Å². The number of thiazole rings is 1. The van der Waals surface area contributed by atoms with Crippen LogP contribution in [-0.4, -0.2) is 37.0 Å². The fourth-order valence-electron chi connectivity index (χ4n) is 2.23. The van der Waals surface area contributed by atoms with E-state index in [2.05, 4.69) is 36.4 Å². The molecule has 22 heavy (non-hydrogen) atoms. The topological polar surface area (TPSA) is 88.2 Å². The summed E-state index contributed by atoms with van der Waals surface area (Å²) in [5.41, 5.74) is 0.984. The number of carbonyl (C=O) groups is 1. The molecule has 6 nitrogen and oxygen atoms in total. The standard InChI is InChI=1S/C14H23N3O3S2/c1-9(12-17-11(7-21-12)14(2,3)4)15-13(18)16-10-5-6-22(19,20)8-10/h7,9-10H,5-6,8H2,1-4H3,(H2,15,16,18)/t9-,10-/m1/s1. The second kappa shape index (κ2) is 6.16. The number of urea groups is 1. The number of hydrogen-bond acceptors (Lipinski definition) is 5. The number of hydrogen-bond donors (Lipinski definition) is 2. The van der Waals surface area contributed by atoms with Crippen molar-refractivity contribution in [3.63, 3.8) is 0 Å². The summed E-state index contributed by atoms with van der Waals surface area (Å²) in [6.45, 7) is 8.15. The summed E-state index contributed by atoms with van der Waals surface area (Å²) in [4.78, 5) is 16.5. The molecule has 2 amide bonds. The Labute approximate surface area is 135 Å². The number of amides is 2. The maximum atomic E-state index is 12.0. The lowest BCUT2D eigenvalue weighted by molar-refractivity contribution is 0.235. The highest BCUT2D eigenvalue weighted by Crippen LogP contribution is 2.26. The normalized spacial score (nSPS) is 22.3. The quantitative estimate of drug-likeness (QED) is 0.877. The van der Waals surface area contributed by atoms with Gasteiger partial charge < -0.3 is 10.6 Å². The third-order valence-corrected chi connectivity index (χ3v) is 6.37. The van der Waals surface area contributed by atoms with Crippen molar-refractivity contribution >= 4 is 27.2 Å². The van der Waals surface area contributed by atoms with Crippen LogP contribution >= 0.6 is 11.3 Å². The Balaban J connectivity index is 1.90. The predicted octanol–water partition coefficient (Wildman–Crippen LogP) is 1.99. The van der Waals surface area contributed by atoms with Gasteiger partial charge in [-0.05, 0) is 13.3 Å². The van der Waals surface area contributed by atoms with Crippen LogP contribution in [0.3, 0.4) is 0 Å². The summed E-state index contributed by atoms with van der Waals surface area (Å²) in [6, 6.07) is -0.847. The summed E-state index contributed by atoms with van der Waals surface area (Å²) in [7, 11) is -2.99. The zero-order valence-electron chi connectivity index (χ0n) is 13.3. The zero-order valence-corrected chi connectivity index (χ0v) is 15.0. The van der Waals surface area contributed by atoms with Crippen LogP contribution in [0.2, 0.25) is 0 Å². The van der Waals surface area contributed by atoms with E-state index in [9.17, 15) is 13.2 Å². The summed E-state index contributed by atoms with van der Waals surface area (Å²) in [5, 5.41) is 8.39. The average molecular weight is 345 g/mol. The summed E-state index contributed by atoms with van der Waals surface area (Å²) in [5.74, 6) is 0.176. The first-order valence-corrected chi connectivity index (χ1v) is 10.0. The molecule has 2 rings (SSSR count). The molecule has 0 saturated carbocycles. The molecule has 0 aromatic carbocycles. The lowest BCUT2D eigenvalue weighted by atomic mass is 9.93. The van der Waals surface area contributed by atoms with Crippen LogP contribution in [-0.2, 0) is 15.3 Å². The van der Waals surface area contributed by atoms with Crippen molar-refractivity contribution in [1.82, 2.24) is 15.6 Å². The minimum atomic E-state index is -2.99. The second-order valence-corrected chi connectivity index (χ2v) is 9.88. The highest BCUT2D eigenvalue weighted by molar-refractivity contribution is 7.91. The van der Waals surface area contributed by atoms with Crippen molar-refractivity contribution in [2.75, 3.05) is 11.5 Å². The van der Waals surface area contributed by atoms with Crippen molar-refractivity contribution in [2.24, 2.45) is 0 Å². The first-order chi connectivity index (χ1) is 10.1. The third kappa shape index (κ3) is 4.42. The third-order valence-electron chi connectivity index (χ3n) is 3.58. The van der Waals surface area contributed by atoms with Crippen LogP contribution in [0.4, 0.5) is 4.79 Å². The highest BCUT2D eigenvalue weighted by Gasteiger charge is 2.29. The van der Waals surface area contributed by atoms with E-state index in [1.807, 2.05) is 12.3 Å². The van der Waals surface area contributed by atoms with Crippen molar-refractivity contribution in [3.8, 4) is 0 Å². The minimum absolute atomic E-state index is 0.0189. The first-order valence-electron chi connectivity index (χ1n) is 7.30. The lowest BCUT2D eigenvalue weighted by Gasteiger charge is -2.16. The summed E-state index contributed by atoms with van der Waals surface area (Å²) < 4.78 is 22.8. The van der Waals surface area contributed by atoms with Gasteiger partial charge in [-0.1, -0.05) is 20.8 Å². The SMILES string of the molecule is C[C@@H](NC(=O)N[C@@H]1CCS(=O)(=O)C1)c1nc(C(C)(C)C)cs1. The van der Waals surface area contributed by atoms with Crippen molar-refractivity contribution < 1.29 is 13.2 Å². The molecule has 1 aromatic heterocycles. The van der Waals surface area contributed by atoms with Gasteiger partial charge in [0.25, 0.3) is 0 Å². The van der Waals surface area contributed by atoms with Crippen LogP contribution in [0.25, 0.3) is 0 Å². The van der Waals surface area contributed by atoms with E-state index in [0.717, 1.165) is 10.7 Å². The number of carbonyl (C=O) groups excluding carboxylic acids is 1. The molecule has 1 fully saturated rings. The Hall–Kier alpha value is -1.15. The fraction of sp³-hybridized carbons (Fsp3) is 0.714. The Morgan fingerprint density at radius 3 is 2.64 bits per heavy atom. The average Bonchev–Trinajstić information content (AvgIpc) is 2.95. The zero-order chi connectivity index (χ0) is 16.5. The molecule has 1 aromatic rings. The van der Waals surface area contributed by atoms with Crippen LogP contribution in [0.15, 0.2) is 5.38 Å². The Kier molecular flexibility index (Phi) is 4.81. The second-order valence-electron chi connectivity index (χ2n) is 6.76. The molecule has 0 bridgehead atoms. The smallest absolute Gasteiger partial charge is 0.315 e. The van der Waals surface area contributed by atoms with E-state index in [0.29, 0.717) is 6.42 Å². The van der Waals surface area contributed by atoms with Crippen molar-refractivity contribution in [3.05, 3.63) is 16.1 Å². The van der Waals surface area contributed by atoms with Gasteiger partial charge in [0.1, 0.15) is 5.01 Å². The van der Waals surface area contributed by atoms with Crippen LogP contribution in [0.5, 0.6) is 0 Å². The predicted molar refractivity (Wildman–Crippen MR) is 88.0 cm³/mol. The minimum Gasteiger partial charge on any atom is -0.334 e. The molecule has 0 spiro atoms. The van der Waals surface area contributed by atoms with Crippen molar-refractivity contribution in [2.45, 2.75) is 51.6 Å². The number of nitrogens with zero attached hydrogens (tertiary/aromatic N) is 1. The lowest BCUT2D eigenvalue weighted by Crippen LogP contribution is -2.43. The Morgan fingerprint density at radius 2 is 2.14 bits per heavy atom. The number of rotatable bonds is 3. The van der Waals surface area contributed by atoms with E-state index in [1.165, 1.54) is 11.3 Å². The van der Waals surface area contributed by atoms with Gasteiger partial charge in [0.05, 0.1) is 23.2 Å². The van der Waals surface area contributed by atoms with Gasteiger partial charge in [0.2, 0.25) is 0 Å². The molecular weight excluding hydrogens is 322 g/mol. The molecule has 1 aliphatic rings.